The molecular weight excluding hydrogens is 362 g/mol. The molecule has 0 unspecified atom stereocenters. The van der Waals surface area contributed by atoms with Crippen molar-refractivity contribution in [2.45, 2.75) is 25.3 Å². The Morgan fingerprint density at radius 3 is 2.78 bits per heavy atom. The van der Waals surface area contributed by atoms with Crippen molar-refractivity contribution in [2.24, 2.45) is 0 Å². The first kappa shape index (κ1) is 18.0. The molecule has 3 heterocycles. The lowest BCUT2D eigenvalue weighted by atomic mass is 9.95. The quantitative estimate of drug-likeness (QED) is 0.708. The van der Waals surface area contributed by atoms with Gasteiger partial charge in [0.15, 0.2) is 5.58 Å². The number of piperidine rings is 1. The molecule has 0 bridgehead atoms. The van der Waals surface area contributed by atoms with Crippen molar-refractivity contribution in [1.82, 2.24) is 14.8 Å². The molecule has 1 amide bonds. The summed E-state index contributed by atoms with van der Waals surface area (Å²) in [6.07, 6.45) is 2.34. The van der Waals surface area contributed by atoms with Gasteiger partial charge < -0.3 is 14.6 Å². The lowest BCUT2D eigenvalue weighted by Gasteiger charge is -2.31. The monoisotopic (exact) mass is 385 g/mol. The van der Waals surface area contributed by atoms with Gasteiger partial charge in [0.25, 0.3) is 0 Å². The van der Waals surface area contributed by atoms with E-state index in [-0.39, 0.29) is 12.5 Å². The maximum Gasteiger partial charge on any atom is 0.420 e. The number of para-hydroxylation sites is 2. The Hall–Kier alpha value is -2.38. The van der Waals surface area contributed by atoms with Crippen molar-refractivity contribution in [2.75, 3.05) is 26.2 Å². The second-order valence-electron chi connectivity index (χ2n) is 6.90. The summed E-state index contributed by atoms with van der Waals surface area (Å²) in [5.74, 6) is 0.0104. The molecule has 3 aromatic rings. The van der Waals surface area contributed by atoms with E-state index < -0.39 is 5.76 Å². The molecule has 0 saturated carbocycles. The van der Waals surface area contributed by atoms with Crippen molar-refractivity contribution in [3.63, 3.8) is 0 Å². The number of benzene rings is 1. The van der Waals surface area contributed by atoms with Gasteiger partial charge in [0.2, 0.25) is 5.91 Å². The molecule has 2 aromatic heterocycles. The predicted molar refractivity (Wildman–Crippen MR) is 106 cm³/mol. The largest absolute Gasteiger partial charge is 0.420 e. The lowest BCUT2D eigenvalue weighted by molar-refractivity contribution is -0.121. The smallest absolute Gasteiger partial charge is 0.408 e. The molecule has 0 radical (unpaired) electrons. The molecule has 0 atom stereocenters. The summed E-state index contributed by atoms with van der Waals surface area (Å²) >= 11 is 1.84. The summed E-state index contributed by atoms with van der Waals surface area (Å²) in [4.78, 5) is 28.0. The van der Waals surface area contributed by atoms with Gasteiger partial charge in [-0.2, -0.15) is 0 Å². The van der Waals surface area contributed by atoms with Gasteiger partial charge in [-0.25, -0.2) is 4.79 Å². The Morgan fingerprint density at radius 1 is 1.19 bits per heavy atom. The molecular formula is C20H23N3O3S. The molecule has 0 aliphatic carbocycles. The highest BCUT2D eigenvalue weighted by atomic mass is 32.1. The molecule has 142 valence electrons. The average molecular weight is 385 g/mol. The number of thiophene rings is 1. The minimum absolute atomic E-state index is 0.0176. The van der Waals surface area contributed by atoms with E-state index in [0.717, 1.165) is 19.6 Å². The van der Waals surface area contributed by atoms with Crippen LogP contribution in [0.4, 0.5) is 0 Å². The number of likely N-dealkylation sites (tertiary alicyclic amines) is 1. The van der Waals surface area contributed by atoms with Crippen LogP contribution in [0.25, 0.3) is 11.1 Å². The maximum absolute atomic E-state index is 12.2. The van der Waals surface area contributed by atoms with Crippen LogP contribution in [0, 0.1) is 0 Å². The molecule has 1 N–H and O–H groups in total. The molecule has 7 heteroatoms. The fraction of sp³-hybridized carbons (Fsp3) is 0.400. The minimum Gasteiger partial charge on any atom is -0.408 e. The van der Waals surface area contributed by atoms with Gasteiger partial charge >= 0.3 is 5.76 Å². The van der Waals surface area contributed by atoms with Crippen LogP contribution in [0.3, 0.4) is 0 Å². The van der Waals surface area contributed by atoms with Crippen LogP contribution in [-0.4, -0.2) is 41.6 Å². The van der Waals surface area contributed by atoms with Crippen molar-refractivity contribution >= 4 is 28.3 Å². The van der Waals surface area contributed by atoms with Crippen LogP contribution >= 0.6 is 11.3 Å². The first-order valence-corrected chi connectivity index (χ1v) is 10.2. The fourth-order valence-corrected chi connectivity index (χ4v) is 4.58. The standard InChI is InChI=1S/C20H23N3O3S/c24-19(14-23-16-4-1-2-5-17(16)26-20(23)25)21-9-12-22-10-7-15(8-11-22)18-6-3-13-27-18/h1-6,13,15H,7-12,14H2,(H,21,24). The van der Waals surface area contributed by atoms with Gasteiger partial charge in [-0.1, -0.05) is 18.2 Å². The number of oxazole rings is 1. The highest BCUT2D eigenvalue weighted by Gasteiger charge is 2.21. The molecule has 1 aliphatic heterocycles. The molecule has 27 heavy (non-hydrogen) atoms. The zero-order valence-corrected chi connectivity index (χ0v) is 15.9. The van der Waals surface area contributed by atoms with Gasteiger partial charge in [0.1, 0.15) is 6.54 Å². The van der Waals surface area contributed by atoms with Crippen molar-refractivity contribution in [3.8, 4) is 0 Å². The summed E-state index contributed by atoms with van der Waals surface area (Å²) in [7, 11) is 0. The van der Waals surface area contributed by atoms with Gasteiger partial charge in [-0.3, -0.25) is 9.36 Å². The lowest BCUT2D eigenvalue weighted by Crippen LogP contribution is -2.40. The van der Waals surface area contributed by atoms with E-state index in [2.05, 4.69) is 27.7 Å². The summed E-state index contributed by atoms with van der Waals surface area (Å²) < 4.78 is 6.53. The number of carbonyl (C=O) groups is 1. The predicted octanol–water partition coefficient (Wildman–Crippen LogP) is 2.65. The van der Waals surface area contributed by atoms with E-state index in [9.17, 15) is 9.59 Å². The van der Waals surface area contributed by atoms with Crippen LogP contribution in [0.2, 0.25) is 0 Å². The molecule has 1 saturated heterocycles. The zero-order chi connectivity index (χ0) is 18.6. The fourth-order valence-electron chi connectivity index (χ4n) is 3.68. The molecule has 1 fully saturated rings. The van der Waals surface area contributed by atoms with Crippen LogP contribution < -0.4 is 11.1 Å². The molecule has 1 aromatic carbocycles. The number of rotatable bonds is 6. The highest BCUT2D eigenvalue weighted by Crippen LogP contribution is 2.30. The van der Waals surface area contributed by atoms with Crippen LogP contribution in [0.5, 0.6) is 0 Å². The Morgan fingerprint density at radius 2 is 2.00 bits per heavy atom. The van der Waals surface area contributed by atoms with Gasteiger partial charge in [0.05, 0.1) is 5.52 Å². The molecule has 4 rings (SSSR count). The van der Waals surface area contributed by atoms with E-state index >= 15 is 0 Å². The Bertz CT molecular complexity index is 952. The second-order valence-corrected chi connectivity index (χ2v) is 7.88. The van der Waals surface area contributed by atoms with Crippen LogP contribution in [-0.2, 0) is 11.3 Å². The number of carbonyl (C=O) groups excluding carboxylic acids is 1. The van der Waals surface area contributed by atoms with Crippen molar-refractivity contribution < 1.29 is 9.21 Å². The number of hydrogen-bond acceptors (Lipinski definition) is 5. The number of amides is 1. The third kappa shape index (κ3) is 4.14. The number of nitrogens with one attached hydrogen (secondary N) is 1. The summed E-state index contributed by atoms with van der Waals surface area (Å²) in [5.41, 5.74) is 1.15. The third-order valence-electron chi connectivity index (χ3n) is 5.16. The van der Waals surface area contributed by atoms with E-state index in [1.807, 2.05) is 17.4 Å². The summed E-state index contributed by atoms with van der Waals surface area (Å²) in [5, 5.41) is 5.06. The number of hydrogen-bond donors (Lipinski definition) is 1. The second kappa shape index (κ2) is 8.10. The first-order valence-electron chi connectivity index (χ1n) is 9.31. The van der Waals surface area contributed by atoms with Crippen molar-refractivity contribution in [3.05, 3.63) is 57.2 Å². The van der Waals surface area contributed by atoms with Gasteiger partial charge in [-0.05, 0) is 55.4 Å². The molecule has 1 aliphatic rings. The third-order valence-corrected chi connectivity index (χ3v) is 6.19. The Balaban J connectivity index is 1.23. The number of nitrogens with zero attached hydrogens (tertiary/aromatic N) is 2. The highest BCUT2D eigenvalue weighted by molar-refractivity contribution is 7.10. The Labute approximate surface area is 161 Å². The normalized spacial score (nSPS) is 16.0. The van der Waals surface area contributed by atoms with Gasteiger partial charge in [0, 0.05) is 18.0 Å². The minimum atomic E-state index is -0.498. The first-order chi connectivity index (χ1) is 13.2. The zero-order valence-electron chi connectivity index (χ0n) is 15.1. The van der Waals surface area contributed by atoms with E-state index in [4.69, 9.17) is 4.42 Å². The van der Waals surface area contributed by atoms with E-state index in [0.29, 0.717) is 23.6 Å². The molecule has 6 nitrogen and oxygen atoms in total. The number of fused-ring (bicyclic) bond motifs is 1. The average Bonchev–Trinajstić information content (AvgIpc) is 3.31. The SMILES string of the molecule is O=C(Cn1c(=O)oc2ccccc21)NCCN1CCC(c2cccs2)CC1. The molecule has 0 spiro atoms. The van der Waals surface area contributed by atoms with Crippen LogP contribution in [0.15, 0.2) is 51.0 Å². The number of aromatic nitrogens is 1. The summed E-state index contributed by atoms with van der Waals surface area (Å²) in [6, 6.07) is 11.5. The summed E-state index contributed by atoms with van der Waals surface area (Å²) in [6.45, 7) is 3.53. The topological polar surface area (TPSA) is 67.5 Å². The van der Waals surface area contributed by atoms with E-state index in [1.54, 1.807) is 18.2 Å². The van der Waals surface area contributed by atoms with E-state index in [1.165, 1.54) is 22.3 Å². The van der Waals surface area contributed by atoms with Gasteiger partial charge in [-0.15, -0.1) is 11.3 Å². The Kier molecular flexibility index (Phi) is 5.40. The van der Waals surface area contributed by atoms with Crippen LogP contribution in [0.1, 0.15) is 23.6 Å². The maximum atomic E-state index is 12.2. The van der Waals surface area contributed by atoms with Crippen molar-refractivity contribution in [1.29, 1.82) is 0 Å².